The van der Waals surface area contributed by atoms with E-state index < -0.39 is 0 Å². The predicted octanol–water partition coefficient (Wildman–Crippen LogP) is 0.429. The Hall–Kier alpha value is -0.680. The van der Waals surface area contributed by atoms with Gasteiger partial charge in [0, 0.05) is 13.1 Å². The van der Waals surface area contributed by atoms with Crippen molar-refractivity contribution in [2.24, 2.45) is 5.73 Å². The molecule has 0 spiro atoms. The van der Waals surface area contributed by atoms with Crippen molar-refractivity contribution in [2.75, 3.05) is 11.9 Å². The summed E-state index contributed by atoms with van der Waals surface area (Å²) < 4.78 is 0. The summed E-state index contributed by atoms with van der Waals surface area (Å²) >= 11 is 1.50. The van der Waals surface area contributed by atoms with Crippen LogP contribution in [0.1, 0.15) is 11.9 Å². The molecule has 0 bridgehead atoms. The number of nitrogens with one attached hydrogen (secondary N) is 1. The first-order valence-electron chi connectivity index (χ1n) is 3.13. The van der Waals surface area contributed by atoms with Crippen LogP contribution in [0.25, 0.3) is 0 Å². The summed E-state index contributed by atoms with van der Waals surface area (Å²) in [7, 11) is 0. The molecule has 0 unspecified atom stereocenters. The molecule has 0 amide bonds. The number of anilines is 1. The van der Waals surface area contributed by atoms with E-state index in [0.29, 0.717) is 6.54 Å². The molecule has 1 rings (SSSR count). The highest BCUT2D eigenvalue weighted by molar-refractivity contribution is 7.15. The molecule has 1 heterocycles. The van der Waals surface area contributed by atoms with E-state index in [-0.39, 0.29) is 0 Å². The topological polar surface area (TPSA) is 63.8 Å². The van der Waals surface area contributed by atoms with Crippen molar-refractivity contribution < 1.29 is 0 Å². The summed E-state index contributed by atoms with van der Waals surface area (Å²) in [4.78, 5) is 0. The van der Waals surface area contributed by atoms with Crippen LogP contribution in [-0.2, 0) is 6.54 Å². The predicted molar refractivity (Wildman–Crippen MR) is 42.0 cm³/mol. The second-order valence-corrected chi connectivity index (χ2v) is 2.80. The van der Waals surface area contributed by atoms with Gasteiger partial charge in [0.2, 0.25) is 5.13 Å². The van der Waals surface area contributed by atoms with Gasteiger partial charge in [-0.05, 0) is 6.92 Å². The summed E-state index contributed by atoms with van der Waals surface area (Å²) in [5.41, 5.74) is 5.34. The molecule has 0 saturated heterocycles. The summed E-state index contributed by atoms with van der Waals surface area (Å²) in [5.74, 6) is 0. The molecule has 0 aliphatic rings. The lowest BCUT2D eigenvalue weighted by Crippen LogP contribution is -1.94. The molecule has 5 heteroatoms. The van der Waals surface area contributed by atoms with Crippen molar-refractivity contribution in [1.29, 1.82) is 0 Å². The van der Waals surface area contributed by atoms with Crippen LogP contribution in [0, 0.1) is 0 Å². The van der Waals surface area contributed by atoms with Crippen molar-refractivity contribution in [2.45, 2.75) is 13.5 Å². The standard InChI is InChI=1S/C5H10N4S/c1-2-7-5-9-8-4(3-6)10-5/h2-3,6H2,1H3,(H,7,9). The Bertz CT molecular complexity index is 197. The van der Waals surface area contributed by atoms with Gasteiger partial charge >= 0.3 is 0 Å². The Morgan fingerprint density at radius 3 is 2.90 bits per heavy atom. The maximum Gasteiger partial charge on any atom is 0.205 e. The molecule has 3 N–H and O–H groups in total. The highest BCUT2D eigenvalue weighted by Crippen LogP contribution is 2.13. The lowest BCUT2D eigenvalue weighted by molar-refractivity contribution is 0.955. The molecular weight excluding hydrogens is 148 g/mol. The van der Waals surface area contributed by atoms with E-state index in [2.05, 4.69) is 15.5 Å². The third-order valence-electron chi connectivity index (χ3n) is 0.969. The Morgan fingerprint density at radius 1 is 1.60 bits per heavy atom. The van der Waals surface area contributed by atoms with E-state index in [1.165, 1.54) is 11.3 Å². The molecular formula is C5H10N4S. The molecule has 0 saturated carbocycles. The van der Waals surface area contributed by atoms with Crippen molar-refractivity contribution in [3.8, 4) is 0 Å². The summed E-state index contributed by atoms with van der Waals surface area (Å²) in [6, 6.07) is 0. The molecule has 0 radical (unpaired) electrons. The molecule has 1 aromatic rings. The number of nitrogens with zero attached hydrogens (tertiary/aromatic N) is 2. The van der Waals surface area contributed by atoms with Gasteiger partial charge in [0.05, 0.1) is 0 Å². The molecule has 10 heavy (non-hydrogen) atoms. The van der Waals surface area contributed by atoms with E-state index in [1.54, 1.807) is 0 Å². The average molecular weight is 158 g/mol. The van der Waals surface area contributed by atoms with Gasteiger partial charge in [-0.1, -0.05) is 11.3 Å². The Morgan fingerprint density at radius 2 is 2.40 bits per heavy atom. The van der Waals surface area contributed by atoms with E-state index >= 15 is 0 Å². The molecule has 0 fully saturated rings. The number of hydrogen-bond acceptors (Lipinski definition) is 5. The fourth-order valence-corrected chi connectivity index (χ4v) is 1.25. The van der Waals surface area contributed by atoms with Gasteiger partial charge < -0.3 is 11.1 Å². The fourth-order valence-electron chi connectivity index (χ4n) is 0.559. The molecule has 4 nitrogen and oxygen atoms in total. The first-order valence-corrected chi connectivity index (χ1v) is 3.94. The normalized spacial score (nSPS) is 9.80. The van der Waals surface area contributed by atoms with Crippen LogP contribution in [0.15, 0.2) is 0 Å². The smallest absolute Gasteiger partial charge is 0.205 e. The molecule has 0 atom stereocenters. The molecule has 1 aromatic heterocycles. The van der Waals surface area contributed by atoms with Crippen molar-refractivity contribution >= 4 is 16.5 Å². The second kappa shape index (κ2) is 3.48. The van der Waals surface area contributed by atoms with Gasteiger partial charge in [0.15, 0.2) is 0 Å². The van der Waals surface area contributed by atoms with E-state index in [1.807, 2.05) is 6.92 Å². The van der Waals surface area contributed by atoms with Crippen LogP contribution in [0.4, 0.5) is 5.13 Å². The summed E-state index contributed by atoms with van der Waals surface area (Å²) in [6.07, 6.45) is 0. The fraction of sp³-hybridized carbons (Fsp3) is 0.600. The monoisotopic (exact) mass is 158 g/mol. The van der Waals surface area contributed by atoms with Crippen molar-refractivity contribution in [1.82, 2.24) is 10.2 Å². The Balaban J connectivity index is 2.59. The minimum absolute atomic E-state index is 0.475. The van der Waals surface area contributed by atoms with Gasteiger partial charge in [-0.3, -0.25) is 0 Å². The Labute approximate surface area is 63.5 Å². The highest BCUT2D eigenvalue weighted by atomic mass is 32.1. The van der Waals surface area contributed by atoms with E-state index in [4.69, 9.17) is 5.73 Å². The zero-order valence-corrected chi connectivity index (χ0v) is 6.61. The minimum atomic E-state index is 0.475. The van der Waals surface area contributed by atoms with Crippen molar-refractivity contribution in [3.05, 3.63) is 5.01 Å². The minimum Gasteiger partial charge on any atom is -0.360 e. The van der Waals surface area contributed by atoms with E-state index in [0.717, 1.165) is 16.7 Å². The summed E-state index contributed by atoms with van der Waals surface area (Å²) in [6.45, 7) is 3.37. The van der Waals surface area contributed by atoms with Crippen molar-refractivity contribution in [3.63, 3.8) is 0 Å². The zero-order valence-electron chi connectivity index (χ0n) is 5.79. The van der Waals surface area contributed by atoms with Crippen LogP contribution in [0.5, 0.6) is 0 Å². The van der Waals surface area contributed by atoms with Crippen LogP contribution in [-0.4, -0.2) is 16.7 Å². The number of hydrogen-bond donors (Lipinski definition) is 2. The molecule has 56 valence electrons. The van der Waals surface area contributed by atoms with E-state index in [9.17, 15) is 0 Å². The molecule has 0 aliphatic carbocycles. The zero-order chi connectivity index (χ0) is 7.40. The van der Waals surface area contributed by atoms with Crippen LogP contribution < -0.4 is 11.1 Å². The first kappa shape index (κ1) is 7.43. The maximum absolute atomic E-state index is 5.34. The van der Waals surface area contributed by atoms with Gasteiger partial charge in [-0.25, -0.2) is 0 Å². The van der Waals surface area contributed by atoms with Crippen LogP contribution >= 0.6 is 11.3 Å². The Kier molecular flexibility index (Phi) is 2.58. The van der Waals surface area contributed by atoms with Gasteiger partial charge in [0.1, 0.15) is 5.01 Å². The lowest BCUT2D eigenvalue weighted by Gasteiger charge is -1.90. The molecule has 0 aromatic carbocycles. The molecule has 0 aliphatic heterocycles. The lowest BCUT2D eigenvalue weighted by atomic mass is 10.7. The van der Waals surface area contributed by atoms with Gasteiger partial charge in [-0.15, -0.1) is 10.2 Å². The first-order chi connectivity index (χ1) is 4.86. The van der Waals surface area contributed by atoms with Crippen LogP contribution in [0.3, 0.4) is 0 Å². The SMILES string of the molecule is CCNc1nnc(CN)s1. The van der Waals surface area contributed by atoms with Gasteiger partial charge in [0.25, 0.3) is 0 Å². The second-order valence-electron chi connectivity index (χ2n) is 1.74. The third-order valence-corrected chi connectivity index (χ3v) is 1.87. The summed E-state index contributed by atoms with van der Waals surface area (Å²) in [5, 5.41) is 12.5. The largest absolute Gasteiger partial charge is 0.360 e. The number of rotatable bonds is 3. The highest BCUT2D eigenvalue weighted by Gasteiger charge is 1.98. The van der Waals surface area contributed by atoms with Gasteiger partial charge in [-0.2, -0.15) is 0 Å². The quantitative estimate of drug-likeness (QED) is 0.669. The number of aromatic nitrogens is 2. The van der Waals surface area contributed by atoms with Crippen LogP contribution in [0.2, 0.25) is 0 Å². The third kappa shape index (κ3) is 1.65. The maximum atomic E-state index is 5.34. The average Bonchev–Trinajstić information content (AvgIpc) is 2.37. The number of nitrogens with two attached hydrogens (primary N) is 1.